The van der Waals surface area contributed by atoms with Gasteiger partial charge in [0.2, 0.25) is 0 Å². The Morgan fingerprint density at radius 2 is 1.76 bits per heavy atom. The highest BCUT2D eigenvalue weighted by atomic mass is 16.5. The number of hydrogen-bond acceptors (Lipinski definition) is 6. The number of unbranched alkanes of at least 4 members (excludes halogenated alkanes) is 1. The number of likely N-dealkylation sites (tertiary alicyclic amines) is 1. The van der Waals surface area contributed by atoms with Crippen LogP contribution in [-0.4, -0.2) is 40.1 Å². The van der Waals surface area contributed by atoms with Gasteiger partial charge in [-0.2, -0.15) is 0 Å². The Morgan fingerprint density at radius 3 is 2.41 bits per heavy atom. The highest BCUT2D eigenvalue weighted by Crippen LogP contribution is 2.41. The van der Waals surface area contributed by atoms with Crippen molar-refractivity contribution in [2.24, 2.45) is 17.1 Å². The highest BCUT2D eigenvalue weighted by Gasteiger charge is 2.39. The number of aryl methyl sites for hydroxylation is 1. The molecule has 270 valence electrons. The molecule has 0 saturated carbocycles. The second kappa shape index (κ2) is 20.8. The molecule has 1 saturated heterocycles. The number of carbonyl (C=O) groups excluding carboxylic acids is 1. The average molecular weight is 672 g/mol. The number of aromatic nitrogens is 2. The zero-order valence-corrected chi connectivity index (χ0v) is 31.6. The van der Waals surface area contributed by atoms with Crippen molar-refractivity contribution in [1.82, 2.24) is 19.8 Å². The minimum Gasteiger partial charge on any atom is -0.460 e. The molecule has 2 heterocycles. The van der Waals surface area contributed by atoms with Gasteiger partial charge < -0.3 is 20.4 Å². The van der Waals surface area contributed by atoms with Crippen molar-refractivity contribution < 1.29 is 9.53 Å². The summed E-state index contributed by atoms with van der Waals surface area (Å²) in [7, 11) is 0. The largest absolute Gasteiger partial charge is 0.460 e. The Kier molecular flexibility index (Phi) is 16.9. The summed E-state index contributed by atoms with van der Waals surface area (Å²) in [6, 6.07) is 16.5. The van der Waals surface area contributed by atoms with Crippen molar-refractivity contribution >= 4 is 5.97 Å². The van der Waals surface area contributed by atoms with E-state index in [4.69, 9.17) is 15.5 Å². The second-order valence-electron chi connectivity index (χ2n) is 14.3. The van der Waals surface area contributed by atoms with E-state index in [1.807, 2.05) is 56.6 Å². The van der Waals surface area contributed by atoms with E-state index in [2.05, 4.69) is 73.8 Å². The van der Waals surface area contributed by atoms with E-state index in [0.29, 0.717) is 6.42 Å². The van der Waals surface area contributed by atoms with Crippen LogP contribution in [0, 0.1) is 18.3 Å². The molecule has 1 aliphatic rings. The van der Waals surface area contributed by atoms with Crippen LogP contribution in [0.5, 0.6) is 0 Å². The fourth-order valence-electron chi connectivity index (χ4n) is 6.38. The quantitative estimate of drug-likeness (QED) is 0.110. The van der Waals surface area contributed by atoms with Crippen molar-refractivity contribution in [2.45, 2.75) is 125 Å². The highest BCUT2D eigenvalue weighted by molar-refractivity contribution is 5.77. The van der Waals surface area contributed by atoms with Gasteiger partial charge >= 0.3 is 5.97 Å². The van der Waals surface area contributed by atoms with Gasteiger partial charge in [-0.3, -0.25) is 9.69 Å². The number of hydrogen-bond donors (Lipinski definition) is 2. The molecule has 7 heteroatoms. The lowest BCUT2D eigenvalue weighted by Gasteiger charge is -2.33. The zero-order valence-electron chi connectivity index (χ0n) is 31.6. The SMILES string of the molecule is CCCC.CCCN/C=C(\N)CCC(c1ccc(C)c(Cn2ccnc2CN2CCC(CC)CC2)c1)C(C)(C)C(=O)OCc1ccccc1. The lowest BCUT2D eigenvalue weighted by Crippen LogP contribution is -2.34. The number of carbonyl (C=O) groups is 1. The van der Waals surface area contributed by atoms with Gasteiger partial charge in [0.15, 0.2) is 0 Å². The zero-order chi connectivity index (χ0) is 35.6. The Balaban J connectivity index is 0.00000154. The van der Waals surface area contributed by atoms with Gasteiger partial charge in [0.1, 0.15) is 12.4 Å². The topological polar surface area (TPSA) is 85.4 Å². The Hall–Kier alpha value is -3.58. The molecule has 7 nitrogen and oxygen atoms in total. The van der Waals surface area contributed by atoms with Gasteiger partial charge in [-0.1, -0.05) is 95.5 Å². The maximum atomic E-state index is 13.7. The maximum absolute atomic E-state index is 13.7. The number of rotatable bonds is 17. The molecule has 0 amide bonds. The molecule has 0 radical (unpaired) electrons. The van der Waals surface area contributed by atoms with Crippen LogP contribution in [0.3, 0.4) is 0 Å². The molecule has 1 atom stereocenters. The van der Waals surface area contributed by atoms with Crippen LogP contribution in [0.15, 0.2) is 72.8 Å². The number of allylic oxidation sites excluding steroid dienone is 1. The number of ether oxygens (including phenoxy) is 1. The Labute approximate surface area is 297 Å². The third-order valence-electron chi connectivity index (χ3n) is 10.1. The molecule has 1 aliphatic heterocycles. The second-order valence-corrected chi connectivity index (χ2v) is 14.3. The molecule has 1 unspecified atom stereocenters. The van der Waals surface area contributed by atoms with Gasteiger partial charge in [-0.05, 0) is 100 Å². The van der Waals surface area contributed by atoms with E-state index in [1.54, 1.807) is 0 Å². The van der Waals surface area contributed by atoms with Gasteiger partial charge in [-0.25, -0.2) is 4.98 Å². The molecule has 0 aliphatic carbocycles. The predicted molar refractivity (Wildman–Crippen MR) is 204 cm³/mol. The molecule has 1 fully saturated rings. The van der Waals surface area contributed by atoms with E-state index in [-0.39, 0.29) is 18.5 Å². The van der Waals surface area contributed by atoms with Crippen LogP contribution in [0.4, 0.5) is 0 Å². The first-order chi connectivity index (χ1) is 23.6. The van der Waals surface area contributed by atoms with Crippen molar-refractivity contribution in [3.05, 3.63) is 101 Å². The molecule has 0 bridgehead atoms. The molecule has 1 aromatic heterocycles. The lowest BCUT2D eigenvalue weighted by atomic mass is 9.72. The number of nitrogens with zero attached hydrogens (tertiary/aromatic N) is 3. The molecular weight excluding hydrogens is 606 g/mol. The Bertz CT molecular complexity index is 1400. The lowest BCUT2D eigenvalue weighted by molar-refractivity contribution is -0.156. The van der Waals surface area contributed by atoms with E-state index in [9.17, 15) is 4.79 Å². The molecule has 3 aromatic rings. The predicted octanol–water partition coefficient (Wildman–Crippen LogP) is 9.10. The smallest absolute Gasteiger partial charge is 0.312 e. The fraction of sp³-hybridized carbons (Fsp3) is 0.571. The molecule has 4 rings (SSSR count). The third kappa shape index (κ3) is 12.7. The Morgan fingerprint density at radius 1 is 1.04 bits per heavy atom. The molecule has 0 spiro atoms. The standard InChI is InChI=1S/C38H55N5O2.C4H10/c1-6-19-40-25-34(39)15-16-35(38(4,5)37(44)45-28-31-11-9-8-10-12-31)32-14-13-29(3)33(24-32)26-43-23-20-41-36(43)27-42-21-17-30(7-2)18-22-42;1-3-4-2/h8-14,20,23-25,30,35,40H,6-7,15-19,21-22,26-28,39H2,1-5H3;3-4H2,1-2H3/b34-25-;. The van der Waals surface area contributed by atoms with E-state index >= 15 is 0 Å². The summed E-state index contributed by atoms with van der Waals surface area (Å²) in [5.41, 5.74) is 11.0. The fourth-order valence-corrected chi connectivity index (χ4v) is 6.38. The minimum absolute atomic E-state index is 0.0830. The normalized spacial score (nSPS) is 15.0. The first-order valence-electron chi connectivity index (χ1n) is 18.8. The molecular formula is C42H65N5O2. The number of esters is 1. The molecule has 3 N–H and O–H groups in total. The first kappa shape index (κ1) is 39.9. The van der Waals surface area contributed by atoms with Crippen LogP contribution in [0.2, 0.25) is 0 Å². The van der Waals surface area contributed by atoms with Crippen molar-refractivity contribution in [2.75, 3.05) is 19.6 Å². The van der Waals surface area contributed by atoms with E-state index in [0.717, 1.165) is 74.1 Å². The van der Waals surface area contributed by atoms with Crippen molar-refractivity contribution in [3.63, 3.8) is 0 Å². The maximum Gasteiger partial charge on any atom is 0.312 e. The van der Waals surface area contributed by atoms with Crippen LogP contribution in [-0.2, 0) is 29.2 Å². The van der Waals surface area contributed by atoms with Crippen LogP contribution >= 0.6 is 0 Å². The van der Waals surface area contributed by atoms with Crippen LogP contribution in [0.25, 0.3) is 0 Å². The van der Waals surface area contributed by atoms with Gasteiger partial charge in [0, 0.05) is 37.4 Å². The summed E-state index contributed by atoms with van der Waals surface area (Å²) in [6.45, 7) is 20.0. The third-order valence-corrected chi connectivity index (χ3v) is 10.1. The minimum atomic E-state index is -0.761. The first-order valence-corrected chi connectivity index (χ1v) is 18.8. The molecule has 49 heavy (non-hydrogen) atoms. The van der Waals surface area contributed by atoms with E-state index < -0.39 is 5.41 Å². The van der Waals surface area contributed by atoms with Crippen LogP contribution < -0.4 is 11.1 Å². The van der Waals surface area contributed by atoms with Gasteiger partial charge in [0.05, 0.1) is 12.0 Å². The number of benzene rings is 2. The molecule has 2 aromatic carbocycles. The van der Waals surface area contributed by atoms with Crippen LogP contribution in [0.1, 0.15) is 127 Å². The monoisotopic (exact) mass is 672 g/mol. The summed E-state index contributed by atoms with van der Waals surface area (Å²) in [6.07, 6.45) is 14.8. The summed E-state index contributed by atoms with van der Waals surface area (Å²) < 4.78 is 8.19. The van der Waals surface area contributed by atoms with Gasteiger partial charge in [-0.15, -0.1) is 0 Å². The van der Waals surface area contributed by atoms with Crippen molar-refractivity contribution in [3.8, 4) is 0 Å². The summed E-state index contributed by atoms with van der Waals surface area (Å²) >= 11 is 0. The summed E-state index contributed by atoms with van der Waals surface area (Å²) in [4.78, 5) is 21.0. The summed E-state index contributed by atoms with van der Waals surface area (Å²) in [5.74, 6) is 1.68. The van der Waals surface area contributed by atoms with Crippen molar-refractivity contribution in [1.29, 1.82) is 0 Å². The number of imidazole rings is 1. The average Bonchev–Trinajstić information content (AvgIpc) is 3.55. The van der Waals surface area contributed by atoms with Gasteiger partial charge in [0.25, 0.3) is 0 Å². The number of nitrogens with one attached hydrogen (secondary N) is 1. The number of nitrogens with two attached hydrogens (primary N) is 1. The summed E-state index contributed by atoms with van der Waals surface area (Å²) in [5, 5.41) is 3.29. The van der Waals surface area contributed by atoms with E-state index in [1.165, 1.54) is 43.2 Å². The number of piperidine rings is 1.